The van der Waals surface area contributed by atoms with Crippen LogP contribution in [0.15, 0.2) is 36.4 Å². The van der Waals surface area contributed by atoms with Gasteiger partial charge in [-0.1, -0.05) is 44.2 Å². The highest BCUT2D eigenvalue weighted by Gasteiger charge is 2.35. The van der Waals surface area contributed by atoms with E-state index in [-0.39, 0.29) is 5.82 Å². The first-order valence-corrected chi connectivity index (χ1v) is 9.97. The molecular formula is C23H32FNO. The number of fused-ring (bicyclic) bond motifs is 1. The van der Waals surface area contributed by atoms with Gasteiger partial charge in [0.05, 0.1) is 5.60 Å². The van der Waals surface area contributed by atoms with E-state index in [0.717, 1.165) is 35.6 Å². The second kappa shape index (κ2) is 8.06. The van der Waals surface area contributed by atoms with E-state index in [9.17, 15) is 9.50 Å². The Balaban J connectivity index is 1.59. The van der Waals surface area contributed by atoms with Gasteiger partial charge in [0.15, 0.2) is 0 Å². The zero-order valence-electron chi connectivity index (χ0n) is 16.3. The van der Waals surface area contributed by atoms with Crippen LogP contribution in [0.2, 0.25) is 0 Å². The molecule has 0 heterocycles. The SMILES string of the molecule is CC(C)C1CCC(C(C)(O)CNCc2ccc(F)c3ccccc23)CC1. The van der Waals surface area contributed by atoms with Crippen LogP contribution in [0.5, 0.6) is 0 Å². The molecule has 142 valence electrons. The van der Waals surface area contributed by atoms with Crippen LogP contribution < -0.4 is 5.32 Å². The van der Waals surface area contributed by atoms with Gasteiger partial charge in [0.25, 0.3) is 0 Å². The lowest BCUT2D eigenvalue weighted by Crippen LogP contribution is -2.45. The molecule has 2 N–H and O–H groups in total. The van der Waals surface area contributed by atoms with Gasteiger partial charge in [-0.3, -0.25) is 0 Å². The fourth-order valence-electron chi connectivity index (χ4n) is 4.48. The topological polar surface area (TPSA) is 32.3 Å². The monoisotopic (exact) mass is 357 g/mol. The standard InChI is InChI=1S/C23H32FNO/c1-16(2)17-8-11-19(12-9-17)23(3,26)15-25-14-18-10-13-22(24)21-7-5-4-6-20(18)21/h4-7,10,13,16-17,19,25-26H,8-9,11-12,14-15H2,1-3H3. The van der Waals surface area contributed by atoms with E-state index in [1.54, 1.807) is 0 Å². The summed E-state index contributed by atoms with van der Waals surface area (Å²) in [6, 6.07) is 11.0. The largest absolute Gasteiger partial charge is 0.389 e. The molecule has 0 aromatic heterocycles. The van der Waals surface area contributed by atoms with Gasteiger partial charge in [-0.05, 0) is 67.4 Å². The molecule has 0 saturated heterocycles. The Morgan fingerprint density at radius 2 is 1.73 bits per heavy atom. The lowest BCUT2D eigenvalue weighted by molar-refractivity contribution is -0.0240. The molecule has 3 rings (SSSR count). The van der Waals surface area contributed by atoms with Gasteiger partial charge in [0.2, 0.25) is 0 Å². The summed E-state index contributed by atoms with van der Waals surface area (Å²) >= 11 is 0. The van der Waals surface area contributed by atoms with E-state index >= 15 is 0 Å². The van der Waals surface area contributed by atoms with Crippen molar-refractivity contribution < 1.29 is 9.50 Å². The zero-order chi connectivity index (χ0) is 18.7. The quantitative estimate of drug-likeness (QED) is 0.737. The summed E-state index contributed by atoms with van der Waals surface area (Å²) in [6.45, 7) is 7.77. The molecule has 2 aromatic rings. The average molecular weight is 358 g/mol. The fraction of sp³-hybridized carbons (Fsp3) is 0.565. The molecule has 1 saturated carbocycles. The molecule has 0 bridgehead atoms. The van der Waals surface area contributed by atoms with Crippen molar-refractivity contribution in [2.45, 2.75) is 58.6 Å². The summed E-state index contributed by atoms with van der Waals surface area (Å²) in [5.74, 6) is 1.72. The van der Waals surface area contributed by atoms with Gasteiger partial charge in [0.1, 0.15) is 5.82 Å². The van der Waals surface area contributed by atoms with Crippen LogP contribution >= 0.6 is 0 Å². The van der Waals surface area contributed by atoms with Crippen LogP contribution in [0, 0.1) is 23.6 Å². The van der Waals surface area contributed by atoms with Crippen molar-refractivity contribution in [3.63, 3.8) is 0 Å². The fourth-order valence-corrected chi connectivity index (χ4v) is 4.48. The number of rotatable bonds is 6. The highest BCUT2D eigenvalue weighted by atomic mass is 19.1. The molecule has 0 amide bonds. The smallest absolute Gasteiger partial charge is 0.131 e. The van der Waals surface area contributed by atoms with Crippen molar-refractivity contribution in [3.05, 3.63) is 47.8 Å². The summed E-state index contributed by atoms with van der Waals surface area (Å²) in [7, 11) is 0. The molecule has 2 nitrogen and oxygen atoms in total. The van der Waals surface area contributed by atoms with Crippen LogP contribution in [-0.2, 0) is 6.54 Å². The van der Waals surface area contributed by atoms with Gasteiger partial charge in [0, 0.05) is 18.5 Å². The molecule has 1 aliphatic carbocycles. The maximum Gasteiger partial charge on any atom is 0.131 e. The maximum absolute atomic E-state index is 13.9. The number of nitrogens with one attached hydrogen (secondary N) is 1. The first kappa shape index (κ1) is 19.3. The molecule has 1 fully saturated rings. The Kier molecular flexibility index (Phi) is 5.99. The predicted octanol–water partition coefficient (Wildman–Crippen LogP) is 5.28. The van der Waals surface area contributed by atoms with Crippen LogP contribution in [-0.4, -0.2) is 17.3 Å². The van der Waals surface area contributed by atoms with Crippen molar-refractivity contribution in [2.24, 2.45) is 17.8 Å². The van der Waals surface area contributed by atoms with Gasteiger partial charge >= 0.3 is 0 Å². The van der Waals surface area contributed by atoms with Crippen LogP contribution in [0.4, 0.5) is 4.39 Å². The van der Waals surface area contributed by atoms with Crippen molar-refractivity contribution in [3.8, 4) is 0 Å². The molecule has 3 heteroatoms. The molecule has 0 spiro atoms. The van der Waals surface area contributed by atoms with Crippen LogP contribution in [0.1, 0.15) is 52.0 Å². The number of benzene rings is 2. The second-order valence-electron chi connectivity index (χ2n) is 8.57. The molecule has 0 radical (unpaired) electrons. The Morgan fingerprint density at radius 1 is 1.08 bits per heavy atom. The molecular weight excluding hydrogens is 325 g/mol. The van der Waals surface area contributed by atoms with Crippen molar-refractivity contribution in [2.75, 3.05) is 6.54 Å². The normalized spacial score (nSPS) is 23.3. The second-order valence-corrected chi connectivity index (χ2v) is 8.57. The Bertz CT molecular complexity index is 732. The lowest BCUT2D eigenvalue weighted by Gasteiger charge is -2.39. The van der Waals surface area contributed by atoms with Crippen molar-refractivity contribution in [1.82, 2.24) is 5.32 Å². The van der Waals surface area contributed by atoms with Crippen molar-refractivity contribution >= 4 is 10.8 Å². The molecule has 1 aliphatic rings. The zero-order valence-corrected chi connectivity index (χ0v) is 16.3. The Morgan fingerprint density at radius 3 is 2.38 bits per heavy atom. The number of halogens is 1. The van der Waals surface area contributed by atoms with E-state index in [1.165, 1.54) is 18.9 Å². The minimum Gasteiger partial charge on any atom is -0.389 e. The first-order valence-electron chi connectivity index (χ1n) is 9.97. The Hall–Kier alpha value is -1.45. The minimum absolute atomic E-state index is 0.182. The van der Waals surface area contributed by atoms with E-state index in [0.29, 0.717) is 24.4 Å². The third-order valence-electron chi connectivity index (χ3n) is 6.35. The Labute approximate surface area is 156 Å². The third-order valence-corrected chi connectivity index (χ3v) is 6.35. The number of aliphatic hydroxyl groups is 1. The first-order chi connectivity index (χ1) is 12.4. The molecule has 26 heavy (non-hydrogen) atoms. The number of hydrogen-bond donors (Lipinski definition) is 2. The summed E-state index contributed by atoms with van der Waals surface area (Å²) in [6.07, 6.45) is 4.66. The van der Waals surface area contributed by atoms with E-state index in [4.69, 9.17) is 0 Å². The summed E-state index contributed by atoms with van der Waals surface area (Å²) < 4.78 is 13.9. The van der Waals surface area contributed by atoms with Gasteiger partial charge < -0.3 is 10.4 Å². The maximum atomic E-state index is 13.9. The lowest BCUT2D eigenvalue weighted by atomic mass is 9.71. The highest BCUT2D eigenvalue weighted by Crippen LogP contribution is 2.38. The van der Waals surface area contributed by atoms with Gasteiger partial charge in [-0.25, -0.2) is 4.39 Å². The molecule has 1 unspecified atom stereocenters. The minimum atomic E-state index is -0.697. The van der Waals surface area contributed by atoms with Crippen LogP contribution in [0.25, 0.3) is 10.8 Å². The van der Waals surface area contributed by atoms with Crippen molar-refractivity contribution in [1.29, 1.82) is 0 Å². The van der Waals surface area contributed by atoms with Gasteiger partial charge in [-0.15, -0.1) is 0 Å². The average Bonchev–Trinajstić information content (AvgIpc) is 2.64. The highest BCUT2D eigenvalue weighted by molar-refractivity contribution is 5.86. The van der Waals surface area contributed by atoms with E-state index in [1.807, 2.05) is 37.3 Å². The molecule has 0 aliphatic heterocycles. The van der Waals surface area contributed by atoms with E-state index < -0.39 is 5.60 Å². The summed E-state index contributed by atoms with van der Waals surface area (Å²) in [5, 5.41) is 16.0. The third kappa shape index (κ3) is 4.27. The molecule has 1 atom stereocenters. The van der Waals surface area contributed by atoms with E-state index in [2.05, 4.69) is 19.2 Å². The number of hydrogen-bond acceptors (Lipinski definition) is 2. The molecule has 2 aromatic carbocycles. The van der Waals surface area contributed by atoms with Crippen LogP contribution in [0.3, 0.4) is 0 Å². The van der Waals surface area contributed by atoms with Gasteiger partial charge in [-0.2, -0.15) is 0 Å². The predicted molar refractivity (Wildman–Crippen MR) is 107 cm³/mol. The summed E-state index contributed by atoms with van der Waals surface area (Å²) in [4.78, 5) is 0. The summed E-state index contributed by atoms with van der Waals surface area (Å²) in [5.41, 5.74) is 0.374.